The van der Waals surface area contributed by atoms with Gasteiger partial charge in [0.25, 0.3) is 0 Å². The summed E-state index contributed by atoms with van der Waals surface area (Å²) in [5.41, 5.74) is 3.08. The number of rotatable bonds is 7. The van der Waals surface area contributed by atoms with Gasteiger partial charge in [0.2, 0.25) is 11.9 Å². The number of pyridine rings is 1. The maximum absolute atomic E-state index is 14.7. The van der Waals surface area contributed by atoms with Gasteiger partial charge in [0.1, 0.15) is 12.4 Å². The van der Waals surface area contributed by atoms with E-state index in [9.17, 15) is 9.18 Å². The van der Waals surface area contributed by atoms with Crippen molar-refractivity contribution >= 4 is 40.7 Å². The van der Waals surface area contributed by atoms with Crippen LogP contribution in [-0.2, 0) is 4.79 Å². The van der Waals surface area contributed by atoms with Gasteiger partial charge in [-0.05, 0) is 55.7 Å². The van der Waals surface area contributed by atoms with Crippen LogP contribution in [0, 0.1) is 12.7 Å². The molecule has 0 radical (unpaired) electrons. The van der Waals surface area contributed by atoms with Crippen molar-refractivity contribution in [2.24, 2.45) is 0 Å². The Morgan fingerprint density at radius 3 is 2.77 bits per heavy atom. The number of carbonyl (C=O) groups is 1. The summed E-state index contributed by atoms with van der Waals surface area (Å²) >= 11 is 0. The number of aryl methyl sites for hydroxylation is 1. The lowest BCUT2D eigenvalue weighted by Gasteiger charge is -2.36. The molecule has 2 atom stereocenters. The summed E-state index contributed by atoms with van der Waals surface area (Å²) in [6.07, 6.45) is 3.15. The van der Waals surface area contributed by atoms with Crippen LogP contribution in [0.2, 0.25) is 0 Å². The van der Waals surface area contributed by atoms with Crippen LogP contribution in [-0.4, -0.2) is 70.6 Å². The Kier molecular flexibility index (Phi) is 6.58. The average molecular weight is 533 g/mol. The molecule has 10 nitrogen and oxygen atoms in total. The minimum atomic E-state index is -0.572. The van der Waals surface area contributed by atoms with Crippen molar-refractivity contribution in [1.82, 2.24) is 19.9 Å². The van der Waals surface area contributed by atoms with Crippen LogP contribution in [0.25, 0.3) is 0 Å². The Morgan fingerprint density at radius 1 is 1.15 bits per heavy atom. The molecule has 2 aromatic heterocycles. The molecule has 0 spiro atoms. The summed E-state index contributed by atoms with van der Waals surface area (Å²) in [4.78, 5) is 31.6. The normalized spacial score (nSPS) is 19.6. The van der Waals surface area contributed by atoms with E-state index in [1.165, 1.54) is 5.69 Å². The SMILES string of the molecule is CCCN1CCOc2ccc(Nc3nc(Nc4ccc(N5CC6CC5CN6C(C)=O)c(C)c4)ncc3F)nc21. The van der Waals surface area contributed by atoms with Crippen molar-refractivity contribution in [1.29, 1.82) is 0 Å². The van der Waals surface area contributed by atoms with Crippen LogP contribution in [0.1, 0.15) is 32.3 Å². The number of likely N-dealkylation sites (tertiary alicyclic amines) is 1. The lowest BCUT2D eigenvalue weighted by atomic mass is 10.1. The van der Waals surface area contributed by atoms with Crippen molar-refractivity contribution in [3.05, 3.63) is 47.9 Å². The first-order valence-corrected chi connectivity index (χ1v) is 13.5. The third kappa shape index (κ3) is 4.88. The highest BCUT2D eigenvalue weighted by atomic mass is 19.1. The van der Waals surface area contributed by atoms with E-state index in [0.29, 0.717) is 18.5 Å². The van der Waals surface area contributed by atoms with Gasteiger partial charge in [0, 0.05) is 44.0 Å². The van der Waals surface area contributed by atoms with Crippen molar-refractivity contribution in [3.63, 3.8) is 0 Å². The topological polar surface area (TPSA) is 98.8 Å². The summed E-state index contributed by atoms with van der Waals surface area (Å²) in [7, 11) is 0. The predicted molar refractivity (Wildman–Crippen MR) is 149 cm³/mol. The number of halogens is 1. The lowest BCUT2D eigenvalue weighted by molar-refractivity contribution is -0.129. The zero-order valence-electron chi connectivity index (χ0n) is 22.4. The van der Waals surface area contributed by atoms with Gasteiger partial charge in [-0.1, -0.05) is 6.92 Å². The smallest absolute Gasteiger partial charge is 0.229 e. The summed E-state index contributed by atoms with van der Waals surface area (Å²) in [6.45, 7) is 9.73. The Bertz CT molecular complexity index is 1400. The van der Waals surface area contributed by atoms with Gasteiger partial charge in [-0.3, -0.25) is 4.79 Å². The number of amides is 1. The molecular formula is C28H33FN8O2. The van der Waals surface area contributed by atoms with E-state index in [4.69, 9.17) is 4.74 Å². The van der Waals surface area contributed by atoms with Gasteiger partial charge in [0.05, 0.1) is 18.8 Å². The quantitative estimate of drug-likeness (QED) is 0.463. The van der Waals surface area contributed by atoms with Crippen LogP contribution in [0.3, 0.4) is 0 Å². The molecule has 2 N–H and O–H groups in total. The average Bonchev–Trinajstić information content (AvgIpc) is 3.53. The molecule has 39 heavy (non-hydrogen) atoms. The number of benzene rings is 1. The van der Waals surface area contributed by atoms with Crippen molar-refractivity contribution in [2.75, 3.05) is 53.2 Å². The molecule has 6 rings (SSSR count). The third-order valence-electron chi connectivity index (χ3n) is 7.65. The van der Waals surface area contributed by atoms with Crippen LogP contribution in [0.5, 0.6) is 5.75 Å². The molecule has 2 bridgehead atoms. The van der Waals surface area contributed by atoms with E-state index in [1.54, 1.807) is 13.0 Å². The molecule has 2 saturated heterocycles. The number of aromatic nitrogens is 3. The van der Waals surface area contributed by atoms with Gasteiger partial charge in [0.15, 0.2) is 23.2 Å². The van der Waals surface area contributed by atoms with E-state index < -0.39 is 5.82 Å². The fraction of sp³-hybridized carbons (Fsp3) is 0.429. The summed E-state index contributed by atoms with van der Waals surface area (Å²) in [6, 6.07) is 10.3. The van der Waals surface area contributed by atoms with E-state index in [2.05, 4.69) is 55.3 Å². The molecule has 0 saturated carbocycles. The first kappa shape index (κ1) is 25.1. The maximum atomic E-state index is 14.7. The molecule has 3 aromatic rings. The van der Waals surface area contributed by atoms with Crippen LogP contribution in [0.4, 0.5) is 39.2 Å². The number of carbonyl (C=O) groups excluding carboxylic acids is 1. The Balaban J connectivity index is 1.16. The second-order valence-corrected chi connectivity index (χ2v) is 10.4. The fourth-order valence-corrected chi connectivity index (χ4v) is 5.87. The molecule has 204 valence electrons. The number of hydrogen-bond donors (Lipinski definition) is 2. The Labute approximate surface area is 227 Å². The van der Waals surface area contributed by atoms with E-state index in [-0.39, 0.29) is 23.7 Å². The third-order valence-corrected chi connectivity index (χ3v) is 7.65. The minimum Gasteiger partial charge on any atom is -0.488 e. The zero-order valence-corrected chi connectivity index (χ0v) is 22.4. The van der Waals surface area contributed by atoms with Crippen molar-refractivity contribution in [2.45, 2.75) is 45.7 Å². The highest BCUT2D eigenvalue weighted by molar-refractivity contribution is 5.75. The number of nitrogens with zero attached hydrogens (tertiary/aromatic N) is 6. The highest BCUT2D eigenvalue weighted by Gasteiger charge is 2.44. The number of anilines is 6. The summed E-state index contributed by atoms with van der Waals surface area (Å²) in [5, 5.41) is 6.20. The highest BCUT2D eigenvalue weighted by Crippen LogP contribution is 2.37. The van der Waals surface area contributed by atoms with E-state index in [1.807, 2.05) is 23.1 Å². The standard InChI is InChI=1S/C28H33FN8O2/c1-4-9-35-10-11-39-24-7-8-25(33-27(24)35)32-26-22(29)14-30-28(34-26)31-19-5-6-23(17(2)12-19)37-16-20-13-21(37)15-36(20)18(3)38/h5-8,12,14,20-21H,4,9-11,13,15-16H2,1-3H3,(H2,30,31,32,33,34). The predicted octanol–water partition coefficient (Wildman–Crippen LogP) is 4.22. The molecule has 5 heterocycles. The number of ether oxygens (including phenoxy) is 1. The van der Waals surface area contributed by atoms with E-state index in [0.717, 1.165) is 68.0 Å². The fourth-order valence-electron chi connectivity index (χ4n) is 5.87. The monoisotopic (exact) mass is 532 g/mol. The molecule has 2 fully saturated rings. The minimum absolute atomic E-state index is 0.0372. The van der Waals surface area contributed by atoms with Gasteiger partial charge in [-0.2, -0.15) is 4.98 Å². The largest absolute Gasteiger partial charge is 0.488 e. The van der Waals surface area contributed by atoms with Gasteiger partial charge in [-0.15, -0.1) is 0 Å². The molecular weight excluding hydrogens is 499 g/mol. The maximum Gasteiger partial charge on any atom is 0.229 e. The molecule has 0 aliphatic carbocycles. The first-order chi connectivity index (χ1) is 18.9. The number of fused-ring (bicyclic) bond motifs is 3. The van der Waals surface area contributed by atoms with Gasteiger partial charge < -0.3 is 30.1 Å². The summed E-state index contributed by atoms with van der Waals surface area (Å²) < 4.78 is 20.4. The lowest BCUT2D eigenvalue weighted by Crippen LogP contribution is -2.48. The molecule has 11 heteroatoms. The number of hydrogen-bond acceptors (Lipinski definition) is 9. The van der Waals surface area contributed by atoms with Crippen LogP contribution >= 0.6 is 0 Å². The molecule has 1 aromatic carbocycles. The molecule has 3 aliphatic rings. The Morgan fingerprint density at radius 2 is 2.03 bits per heavy atom. The molecule has 3 aliphatic heterocycles. The summed E-state index contributed by atoms with van der Waals surface area (Å²) in [5.74, 6) is 1.84. The van der Waals surface area contributed by atoms with Crippen LogP contribution < -0.4 is 25.2 Å². The van der Waals surface area contributed by atoms with Crippen molar-refractivity contribution < 1.29 is 13.9 Å². The molecule has 2 unspecified atom stereocenters. The van der Waals surface area contributed by atoms with Crippen molar-refractivity contribution in [3.8, 4) is 5.75 Å². The van der Waals surface area contributed by atoms with Gasteiger partial charge in [-0.25, -0.2) is 14.4 Å². The Hall–Kier alpha value is -4.15. The molecule has 1 amide bonds. The van der Waals surface area contributed by atoms with Crippen LogP contribution in [0.15, 0.2) is 36.5 Å². The second-order valence-electron chi connectivity index (χ2n) is 10.4. The first-order valence-electron chi connectivity index (χ1n) is 13.5. The zero-order chi connectivity index (χ0) is 27.1. The number of nitrogens with one attached hydrogen (secondary N) is 2. The second kappa shape index (κ2) is 10.2. The van der Waals surface area contributed by atoms with Gasteiger partial charge >= 0.3 is 0 Å². The van der Waals surface area contributed by atoms with E-state index >= 15 is 0 Å². The number of piperazine rings is 1.